The third kappa shape index (κ3) is 4.90. The molecule has 1 saturated heterocycles. The zero-order valence-electron chi connectivity index (χ0n) is 18.2. The number of aryl methyl sites for hydroxylation is 2. The molecule has 0 bridgehead atoms. The molecule has 1 amide bonds. The summed E-state index contributed by atoms with van der Waals surface area (Å²) in [5.41, 5.74) is 2.67. The molecule has 1 aliphatic heterocycles. The first-order valence-corrected chi connectivity index (χ1v) is 10.4. The first-order valence-electron chi connectivity index (χ1n) is 10.4. The topological polar surface area (TPSA) is 89.4 Å². The highest BCUT2D eigenvalue weighted by molar-refractivity contribution is 6.04. The van der Waals surface area contributed by atoms with Gasteiger partial charge < -0.3 is 19.5 Å². The predicted octanol–water partition coefficient (Wildman–Crippen LogP) is 3.18. The van der Waals surface area contributed by atoms with Crippen molar-refractivity contribution in [1.29, 1.82) is 0 Å². The molecule has 1 fully saturated rings. The molecule has 3 aromatic rings. The number of amides is 1. The van der Waals surface area contributed by atoms with Gasteiger partial charge in [0.25, 0.3) is 17.9 Å². The predicted molar refractivity (Wildman–Crippen MR) is 120 cm³/mol. The van der Waals surface area contributed by atoms with Crippen LogP contribution in [-0.2, 0) is 11.8 Å². The zero-order valence-corrected chi connectivity index (χ0v) is 18.2. The van der Waals surface area contributed by atoms with E-state index in [0.717, 1.165) is 11.8 Å². The van der Waals surface area contributed by atoms with Gasteiger partial charge in [0.1, 0.15) is 5.69 Å². The van der Waals surface area contributed by atoms with Crippen molar-refractivity contribution in [1.82, 2.24) is 14.5 Å². The fraction of sp³-hybridized carbons (Fsp3) is 0.304. The van der Waals surface area contributed by atoms with Gasteiger partial charge in [0.2, 0.25) is 0 Å². The fourth-order valence-electron chi connectivity index (χ4n) is 3.67. The zero-order chi connectivity index (χ0) is 23.5. The van der Waals surface area contributed by atoms with Crippen molar-refractivity contribution in [2.24, 2.45) is 7.05 Å². The summed E-state index contributed by atoms with van der Waals surface area (Å²) in [7, 11) is 1.68. The third-order valence-electron chi connectivity index (χ3n) is 5.45. The van der Waals surface area contributed by atoms with Crippen molar-refractivity contribution in [2.45, 2.75) is 13.3 Å². The number of halogens is 2. The Bertz CT molecular complexity index is 1240. The highest BCUT2D eigenvalue weighted by atomic mass is 19.3. The van der Waals surface area contributed by atoms with Crippen molar-refractivity contribution in [3.8, 4) is 11.1 Å². The number of rotatable bonds is 5. The second kappa shape index (κ2) is 9.45. The first-order chi connectivity index (χ1) is 15.8. The van der Waals surface area contributed by atoms with Gasteiger partial charge >= 0.3 is 0 Å². The summed E-state index contributed by atoms with van der Waals surface area (Å²) in [6, 6.07) is 4.65. The smallest absolute Gasteiger partial charge is 0.273 e. The lowest BCUT2D eigenvalue weighted by Gasteiger charge is -2.28. The maximum atomic E-state index is 12.9. The minimum atomic E-state index is -2.69. The van der Waals surface area contributed by atoms with Crippen molar-refractivity contribution in [2.75, 3.05) is 36.5 Å². The van der Waals surface area contributed by atoms with Crippen molar-refractivity contribution in [3.63, 3.8) is 0 Å². The molecule has 1 aliphatic rings. The van der Waals surface area contributed by atoms with Gasteiger partial charge in [0, 0.05) is 61.1 Å². The molecule has 0 aliphatic carbocycles. The van der Waals surface area contributed by atoms with Gasteiger partial charge in [-0.25, -0.2) is 8.78 Å². The number of pyridine rings is 3. The Morgan fingerprint density at radius 3 is 2.64 bits per heavy atom. The van der Waals surface area contributed by atoms with Gasteiger partial charge in [-0.15, -0.1) is 0 Å². The average Bonchev–Trinajstić information content (AvgIpc) is 2.81. The Morgan fingerprint density at radius 1 is 1.15 bits per heavy atom. The van der Waals surface area contributed by atoms with Crippen LogP contribution in [0, 0.1) is 6.92 Å². The largest absolute Gasteiger partial charge is 0.378 e. The maximum Gasteiger partial charge on any atom is 0.273 e. The van der Waals surface area contributed by atoms with Gasteiger partial charge in [-0.05, 0) is 25.1 Å². The van der Waals surface area contributed by atoms with Crippen molar-refractivity contribution in [3.05, 3.63) is 70.2 Å². The van der Waals surface area contributed by atoms with E-state index in [-0.39, 0.29) is 22.4 Å². The first kappa shape index (κ1) is 22.5. The van der Waals surface area contributed by atoms with Crippen LogP contribution in [0.4, 0.5) is 20.2 Å². The van der Waals surface area contributed by atoms with Crippen LogP contribution in [0.25, 0.3) is 11.1 Å². The molecule has 0 saturated carbocycles. The molecule has 0 unspecified atom stereocenters. The molecule has 4 heterocycles. The lowest BCUT2D eigenvalue weighted by atomic mass is 10.0. The van der Waals surface area contributed by atoms with Crippen LogP contribution in [0.5, 0.6) is 0 Å². The number of anilines is 2. The monoisotopic (exact) mass is 455 g/mol. The number of nitrogens with one attached hydrogen (secondary N) is 1. The molecular weight excluding hydrogens is 432 g/mol. The summed E-state index contributed by atoms with van der Waals surface area (Å²) in [4.78, 5) is 35.6. The fourth-order valence-corrected chi connectivity index (χ4v) is 3.67. The average molecular weight is 455 g/mol. The summed E-state index contributed by atoms with van der Waals surface area (Å²) in [6.45, 7) is 4.14. The van der Waals surface area contributed by atoms with Crippen LogP contribution < -0.4 is 15.8 Å². The Balaban J connectivity index is 1.66. The number of alkyl halides is 2. The Morgan fingerprint density at radius 2 is 1.91 bits per heavy atom. The molecule has 3 aromatic heterocycles. The minimum absolute atomic E-state index is 0.119. The molecule has 0 radical (unpaired) electrons. The molecule has 0 spiro atoms. The standard InChI is InChI=1S/C23H23F2N5O3/c1-14-19(17-9-20(23(32)29(2)13-17)30-3-5-33-6-4-30)8-16(11-27-14)22(31)28-18-7-15(21(24)25)10-26-12-18/h7-13,21H,3-6H2,1-2H3,(H,28,31). The number of carbonyl (C=O) groups excluding carboxylic acids is 1. The van der Waals surface area contributed by atoms with E-state index in [1.807, 2.05) is 11.8 Å². The Hall–Kier alpha value is -3.66. The number of hydrogen-bond donors (Lipinski definition) is 1. The minimum Gasteiger partial charge on any atom is -0.378 e. The molecule has 10 heteroatoms. The second-order valence-electron chi connectivity index (χ2n) is 7.75. The van der Waals surface area contributed by atoms with E-state index in [2.05, 4.69) is 15.3 Å². The number of aromatic nitrogens is 3. The normalized spacial score (nSPS) is 13.9. The maximum absolute atomic E-state index is 12.9. The van der Waals surface area contributed by atoms with Gasteiger partial charge in [-0.2, -0.15) is 0 Å². The van der Waals surface area contributed by atoms with E-state index in [9.17, 15) is 18.4 Å². The summed E-state index contributed by atoms with van der Waals surface area (Å²) in [5, 5.41) is 2.58. The summed E-state index contributed by atoms with van der Waals surface area (Å²) in [6.07, 6.45) is 2.79. The number of morpholine rings is 1. The summed E-state index contributed by atoms with van der Waals surface area (Å²) >= 11 is 0. The van der Waals surface area contributed by atoms with Gasteiger partial charge in [0.15, 0.2) is 0 Å². The van der Waals surface area contributed by atoms with Crippen molar-refractivity contribution >= 4 is 17.3 Å². The van der Waals surface area contributed by atoms with Crippen LogP contribution in [0.3, 0.4) is 0 Å². The highest BCUT2D eigenvalue weighted by Gasteiger charge is 2.18. The van der Waals surface area contributed by atoms with E-state index in [4.69, 9.17) is 4.74 Å². The number of carbonyl (C=O) groups is 1. The van der Waals surface area contributed by atoms with Gasteiger partial charge in [0.05, 0.1) is 30.7 Å². The molecule has 8 nitrogen and oxygen atoms in total. The molecule has 0 atom stereocenters. The molecule has 0 aromatic carbocycles. The van der Waals surface area contributed by atoms with Crippen LogP contribution in [-0.4, -0.2) is 46.7 Å². The van der Waals surface area contributed by atoms with E-state index >= 15 is 0 Å². The summed E-state index contributed by atoms with van der Waals surface area (Å²) < 4.78 is 32.7. The van der Waals surface area contributed by atoms with Gasteiger partial charge in [-0.1, -0.05) is 0 Å². The quantitative estimate of drug-likeness (QED) is 0.636. The number of hydrogen-bond acceptors (Lipinski definition) is 6. The molecule has 172 valence electrons. The van der Waals surface area contributed by atoms with Crippen LogP contribution in [0.15, 0.2) is 47.8 Å². The molecule has 4 rings (SSSR count). The Kier molecular flexibility index (Phi) is 6.45. The second-order valence-corrected chi connectivity index (χ2v) is 7.75. The SMILES string of the molecule is Cc1ncc(C(=O)Nc2cncc(C(F)F)c2)cc1-c1cc(N2CCOCC2)c(=O)n(C)c1. The lowest BCUT2D eigenvalue weighted by Crippen LogP contribution is -2.40. The van der Waals surface area contributed by atoms with Crippen LogP contribution in [0.2, 0.25) is 0 Å². The third-order valence-corrected chi connectivity index (χ3v) is 5.45. The number of ether oxygens (including phenoxy) is 1. The molecule has 1 N–H and O–H groups in total. The van der Waals surface area contributed by atoms with Crippen molar-refractivity contribution < 1.29 is 18.3 Å². The van der Waals surface area contributed by atoms with E-state index in [1.54, 1.807) is 25.4 Å². The molecular formula is C23H23F2N5O3. The van der Waals surface area contributed by atoms with E-state index in [0.29, 0.717) is 43.2 Å². The van der Waals surface area contributed by atoms with E-state index < -0.39 is 12.3 Å². The molecule has 33 heavy (non-hydrogen) atoms. The van der Waals surface area contributed by atoms with E-state index in [1.165, 1.54) is 23.0 Å². The van der Waals surface area contributed by atoms with Crippen LogP contribution in [0.1, 0.15) is 28.0 Å². The highest BCUT2D eigenvalue weighted by Crippen LogP contribution is 2.26. The van der Waals surface area contributed by atoms with Crippen LogP contribution >= 0.6 is 0 Å². The lowest BCUT2D eigenvalue weighted by molar-refractivity contribution is 0.102. The van der Waals surface area contributed by atoms with Gasteiger partial charge in [-0.3, -0.25) is 19.6 Å². The Labute approximate surface area is 188 Å². The summed E-state index contributed by atoms with van der Waals surface area (Å²) in [5.74, 6) is -0.504. The number of nitrogens with zero attached hydrogens (tertiary/aromatic N) is 4.